The minimum Gasteiger partial charge on any atom is -0.466 e. The van der Waals surface area contributed by atoms with Crippen molar-refractivity contribution in [3.63, 3.8) is 0 Å². The summed E-state index contributed by atoms with van der Waals surface area (Å²) in [7, 11) is 0. The first-order chi connectivity index (χ1) is 12.7. The number of ketones is 1. The maximum absolute atomic E-state index is 12.1. The number of hydrogen-bond acceptors (Lipinski definition) is 6. The smallest absolute Gasteiger partial charge is 0.309 e. The summed E-state index contributed by atoms with van der Waals surface area (Å²) in [6.07, 6.45) is 5.51. The summed E-state index contributed by atoms with van der Waals surface area (Å²) < 4.78 is 15.7. The Labute approximate surface area is 153 Å². The van der Waals surface area contributed by atoms with Crippen molar-refractivity contribution in [3.8, 4) is 11.5 Å². The molecular formula is C20H25NO5. The number of piperidine rings is 1. The van der Waals surface area contributed by atoms with Crippen molar-refractivity contribution in [2.24, 2.45) is 5.92 Å². The highest BCUT2D eigenvalue weighted by Crippen LogP contribution is 2.32. The number of esters is 1. The summed E-state index contributed by atoms with van der Waals surface area (Å²) in [5.41, 5.74) is 0.915. The maximum Gasteiger partial charge on any atom is 0.309 e. The molecule has 0 saturated carbocycles. The van der Waals surface area contributed by atoms with Crippen LogP contribution in [0.3, 0.4) is 0 Å². The largest absolute Gasteiger partial charge is 0.466 e. The molecule has 2 aliphatic heterocycles. The Kier molecular flexibility index (Phi) is 6.28. The second-order valence-electron chi connectivity index (χ2n) is 6.53. The highest BCUT2D eigenvalue weighted by molar-refractivity contribution is 5.93. The van der Waals surface area contributed by atoms with Crippen molar-refractivity contribution in [2.45, 2.75) is 26.2 Å². The van der Waals surface area contributed by atoms with Crippen LogP contribution in [0.5, 0.6) is 11.5 Å². The number of allylic oxidation sites excluding steroid dienone is 1. The Balaban J connectivity index is 1.40. The first kappa shape index (κ1) is 18.5. The lowest BCUT2D eigenvalue weighted by Gasteiger charge is -2.30. The number of ether oxygens (including phenoxy) is 3. The van der Waals surface area contributed by atoms with E-state index in [2.05, 4.69) is 4.90 Å². The number of nitrogens with zero attached hydrogens (tertiary/aromatic N) is 1. The molecule has 0 N–H and O–H groups in total. The average molecular weight is 359 g/mol. The van der Waals surface area contributed by atoms with Gasteiger partial charge in [0.25, 0.3) is 0 Å². The highest BCUT2D eigenvalue weighted by atomic mass is 16.7. The van der Waals surface area contributed by atoms with E-state index in [1.165, 1.54) is 0 Å². The molecule has 0 spiro atoms. The van der Waals surface area contributed by atoms with Gasteiger partial charge in [0.1, 0.15) is 0 Å². The molecule has 0 radical (unpaired) electrons. The van der Waals surface area contributed by atoms with Crippen LogP contribution >= 0.6 is 0 Å². The molecule has 0 aliphatic carbocycles. The van der Waals surface area contributed by atoms with Gasteiger partial charge in [0.15, 0.2) is 17.3 Å². The van der Waals surface area contributed by atoms with Gasteiger partial charge in [0, 0.05) is 13.0 Å². The van der Waals surface area contributed by atoms with E-state index in [1.54, 1.807) is 12.2 Å². The van der Waals surface area contributed by atoms with Gasteiger partial charge in [-0.3, -0.25) is 9.59 Å². The van der Waals surface area contributed by atoms with E-state index in [0.717, 1.165) is 43.8 Å². The molecule has 0 bridgehead atoms. The van der Waals surface area contributed by atoms with Gasteiger partial charge < -0.3 is 19.1 Å². The molecule has 0 atom stereocenters. The molecule has 140 valence electrons. The molecule has 1 aromatic carbocycles. The Morgan fingerprint density at radius 3 is 2.77 bits per heavy atom. The molecule has 2 heterocycles. The van der Waals surface area contributed by atoms with E-state index in [4.69, 9.17) is 14.2 Å². The molecule has 1 aromatic rings. The van der Waals surface area contributed by atoms with Gasteiger partial charge in [-0.1, -0.05) is 12.1 Å². The molecule has 6 heteroatoms. The number of carbonyl (C=O) groups is 2. The highest BCUT2D eigenvalue weighted by Gasteiger charge is 2.25. The van der Waals surface area contributed by atoms with Gasteiger partial charge >= 0.3 is 5.97 Å². The maximum atomic E-state index is 12.1. The van der Waals surface area contributed by atoms with E-state index in [-0.39, 0.29) is 24.5 Å². The topological polar surface area (TPSA) is 65.1 Å². The fourth-order valence-electron chi connectivity index (χ4n) is 3.21. The summed E-state index contributed by atoms with van der Waals surface area (Å²) in [5.74, 6) is 1.46. The van der Waals surface area contributed by atoms with E-state index >= 15 is 0 Å². The SMILES string of the molecule is CCOC(=O)C1CCN(CCC(=O)/C=C/c2ccc3c(c2)OCO3)CC1. The van der Waals surface area contributed by atoms with Crippen LogP contribution in [-0.4, -0.2) is 49.7 Å². The summed E-state index contributed by atoms with van der Waals surface area (Å²) in [5, 5.41) is 0. The minimum absolute atomic E-state index is 0.00723. The number of likely N-dealkylation sites (tertiary alicyclic amines) is 1. The zero-order valence-electron chi connectivity index (χ0n) is 15.1. The molecule has 6 nitrogen and oxygen atoms in total. The van der Waals surface area contributed by atoms with Gasteiger partial charge in [-0.2, -0.15) is 0 Å². The van der Waals surface area contributed by atoms with Gasteiger partial charge in [-0.15, -0.1) is 0 Å². The third kappa shape index (κ3) is 4.85. The van der Waals surface area contributed by atoms with Crippen molar-refractivity contribution < 1.29 is 23.8 Å². The summed E-state index contributed by atoms with van der Waals surface area (Å²) in [6.45, 7) is 4.90. The summed E-state index contributed by atoms with van der Waals surface area (Å²) >= 11 is 0. The predicted octanol–water partition coefficient (Wildman–Crippen LogP) is 2.66. The quantitative estimate of drug-likeness (QED) is 0.551. The molecule has 2 aliphatic rings. The third-order valence-electron chi connectivity index (χ3n) is 4.74. The number of hydrogen-bond donors (Lipinski definition) is 0. The molecule has 26 heavy (non-hydrogen) atoms. The van der Waals surface area contributed by atoms with Crippen molar-refractivity contribution >= 4 is 17.8 Å². The summed E-state index contributed by atoms with van der Waals surface area (Å²) in [6, 6.07) is 5.61. The zero-order chi connectivity index (χ0) is 18.4. The van der Waals surface area contributed by atoms with Crippen LogP contribution in [0.2, 0.25) is 0 Å². The van der Waals surface area contributed by atoms with E-state index < -0.39 is 0 Å². The Morgan fingerprint density at radius 1 is 1.23 bits per heavy atom. The van der Waals surface area contributed by atoms with Crippen LogP contribution in [0.1, 0.15) is 31.7 Å². The second kappa shape index (κ2) is 8.85. The molecule has 1 saturated heterocycles. The molecule has 1 fully saturated rings. The Bertz CT molecular complexity index is 677. The van der Waals surface area contributed by atoms with Crippen molar-refractivity contribution in [2.75, 3.05) is 33.0 Å². The van der Waals surface area contributed by atoms with Crippen LogP contribution in [0, 0.1) is 5.92 Å². The molecule has 0 unspecified atom stereocenters. The van der Waals surface area contributed by atoms with E-state index in [0.29, 0.717) is 18.8 Å². The van der Waals surface area contributed by atoms with Crippen molar-refractivity contribution in [1.82, 2.24) is 4.90 Å². The van der Waals surface area contributed by atoms with Crippen molar-refractivity contribution in [3.05, 3.63) is 29.8 Å². The van der Waals surface area contributed by atoms with Gasteiger partial charge in [-0.05, 0) is 56.6 Å². The summed E-state index contributed by atoms with van der Waals surface area (Å²) in [4.78, 5) is 26.1. The lowest BCUT2D eigenvalue weighted by molar-refractivity contribution is -0.149. The third-order valence-corrected chi connectivity index (χ3v) is 4.74. The number of benzene rings is 1. The number of carbonyl (C=O) groups excluding carboxylic acids is 2. The molecule has 0 aromatic heterocycles. The van der Waals surface area contributed by atoms with Gasteiger partial charge in [0.2, 0.25) is 6.79 Å². The normalized spacial score (nSPS) is 17.6. The van der Waals surface area contributed by atoms with Crippen LogP contribution in [-0.2, 0) is 14.3 Å². The zero-order valence-corrected chi connectivity index (χ0v) is 15.1. The van der Waals surface area contributed by atoms with Crippen LogP contribution in [0.15, 0.2) is 24.3 Å². The van der Waals surface area contributed by atoms with E-state index in [1.807, 2.05) is 25.1 Å². The van der Waals surface area contributed by atoms with Gasteiger partial charge in [-0.25, -0.2) is 0 Å². The Morgan fingerprint density at radius 2 is 2.00 bits per heavy atom. The van der Waals surface area contributed by atoms with Crippen LogP contribution in [0.4, 0.5) is 0 Å². The second-order valence-corrected chi connectivity index (χ2v) is 6.53. The molecule has 3 rings (SSSR count). The van der Waals surface area contributed by atoms with Crippen LogP contribution in [0.25, 0.3) is 6.08 Å². The van der Waals surface area contributed by atoms with Crippen LogP contribution < -0.4 is 9.47 Å². The fraction of sp³-hybridized carbons (Fsp3) is 0.500. The number of fused-ring (bicyclic) bond motifs is 1. The molecule has 0 amide bonds. The van der Waals surface area contributed by atoms with Gasteiger partial charge in [0.05, 0.1) is 12.5 Å². The van der Waals surface area contributed by atoms with E-state index in [9.17, 15) is 9.59 Å². The first-order valence-corrected chi connectivity index (χ1v) is 9.15. The lowest BCUT2D eigenvalue weighted by Crippen LogP contribution is -2.37. The monoisotopic (exact) mass is 359 g/mol. The Hall–Kier alpha value is -2.34. The first-order valence-electron chi connectivity index (χ1n) is 9.15. The minimum atomic E-state index is -0.0881. The standard InChI is InChI=1S/C20H25NO5/c1-2-24-20(23)16-7-10-21(11-8-16)12-9-17(22)5-3-15-4-6-18-19(13-15)26-14-25-18/h3-6,13,16H,2,7-12,14H2,1H3/b5-3+. The average Bonchev–Trinajstić information content (AvgIpc) is 3.13. The molecular weight excluding hydrogens is 334 g/mol. The fourth-order valence-corrected chi connectivity index (χ4v) is 3.21. The van der Waals surface area contributed by atoms with Crippen molar-refractivity contribution in [1.29, 1.82) is 0 Å². The lowest BCUT2D eigenvalue weighted by atomic mass is 9.97. The number of rotatable bonds is 7. The predicted molar refractivity (Wildman–Crippen MR) is 97.0 cm³/mol.